The topological polar surface area (TPSA) is 69.3 Å². The van der Waals surface area contributed by atoms with Crippen molar-refractivity contribution in [3.8, 4) is 11.8 Å². The Kier molecular flexibility index (Phi) is 9.44. The average molecular weight is 665 g/mol. The number of thiazole rings is 1. The van der Waals surface area contributed by atoms with Crippen LogP contribution in [0.5, 0.6) is 0 Å². The Labute approximate surface area is 279 Å². The molecule has 0 atom stereocenters. The van der Waals surface area contributed by atoms with Crippen molar-refractivity contribution in [3.05, 3.63) is 157 Å². The molecule has 1 saturated heterocycles. The monoisotopic (exact) mass is 664 g/mol. The number of piperazine rings is 1. The third kappa shape index (κ3) is 6.74. The normalized spacial score (nSPS) is 15.0. The zero-order valence-electron chi connectivity index (χ0n) is 26.0. The Morgan fingerprint density at radius 2 is 1.46 bits per heavy atom. The molecule has 1 aliphatic rings. The zero-order valence-corrected chi connectivity index (χ0v) is 26.8. The van der Waals surface area contributed by atoms with Crippen molar-refractivity contribution in [2.24, 2.45) is 0 Å². The van der Waals surface area contributed by atoms with Crippen LogP contribution in [-0.4, -0.2) is 46.5 Å². The molecule has 1 amide bonds. The maximum absolute atomic E-state index is 14.0. The summed E-state index contributed by atoms with van der Waals surface area (Å²) < 4.78 is 42.7. The van der Waals surface area contributed by atoms with Gasteiger partial charge in [0.15, 0.2) is 5.57 Å². The number of carbonyl (C=O) groups excluding carboxylic acids is 1. The van der Waals surface area contributed by atoms with Crippen LogP contribution in [0.2, 0.25) is 0 Å². The smallest absolute Gasteiger partial charge is 0.335 e. The minimum Gasteiger partial charge on any atom is -0.335 e. The summed E-state index contributed by atoms with van der Waals surface area (Å²) in [5.41, 5.74) is 1.58. The van der Waals surface area contributed by atoms with Crippen LogP contribution in [0.4, 0.5) is 13.2 Å². The van der Waals surface area contributed by atoms with Crippen molar-refractivity contribution in [2.45, 2.75) is 19.1 Å². The molecule has 1 fully saturated rings. The van der Waals surface area contributed by atoms with Crippen LogP contribution >= 0.6 is 11.3 Å². The maximum atomic E-state index is 14.0. The van der Waals surface area contributed by atoms with E-state index in [1.165, 1.54) is 28.8 Å². The molecular weight excluding hydrogens is 634 g/mol. The lowest BCUT2D eigenvalue weighted by molar-refractivity contribution is -0.137. The molecule has 1 aromatic heterocycles. The average Bonchev–Trinajstić information content (AvgIpc) is 3.41. The predicted molar refractivity (Wildman–Crippen MR) is 181 cm³/mol. The van der Waals surface area contributed by atoms with Crippen LogP contribution < -0.4 is 14.8 Å². The zero-order chi connectivity index (χ0) is 33.8. The van der Waals surface area contributed by atoms with Gasteiger partial charge in [-0.15, -0.1) is 11.3 Å². The molecule has 6 nitrogen and oxygen atoms in total. The molecule has 0 aliphatic carbocycles. The molecule has 6 rings (SSSR count). The minimum atomic E-state index is -4.63. The Bertz CT molecular complexity index is 2120. The lowest BCUT2D eigenvalue weighted by Crippen LogP contribution is -2.50. The summed E-state index contributed by atoms with van der Waals surface area (Å²) in [5.74, 6) is -0.530. The van der Waals surface area contributed by atoms with Crippen LogP contribution in [-0.2, 0) is 11.0 Å². The van der Waals surface area contributed by atoms with E-state index in [2.05, 4.69) is 29.2 Å². The van der Waals surface area contributed by atoms with E-state index in [0.717, 1.165) is 34.1 Å². The first-order valence-electron chi connectivity index (χ1n) is 15.4. The van der Waals surface area contributed by atoms with Crippen LogP contribution in [0, 0.1) is 18.3 Å². The first-order valence-corrected chi connectivity index (χ1v) is 16.2. The number of alkyl halides is 3. The van der Waals surface area contributed by atoms with E-state index in [4.69, 9.17) is 0 Å². The van der Waals surface area contributed by atoms with Gasteiger partial charge in [0.2, 0.25) is 0 Å². The second-order valence-electron chi connectivity index (χ2n) is 11.5. The molecule has 10 heteroatoms. The summed E-state index contributed by atoms with van der Waals surface area (Å²) >= 11 is 0.836. The number of aryl methyl sites for hydroxylation is 1. The SMILES string of the molecule is Cc1cccc(-n2c(=O)/c(=C/c3ccccc3C(F)(F)F)s/c2=C(/C#N)C(=O)N2CCN(C(c3ccccc3)c3ccccc3)CC2)c1. The highest BCUT2D eigenvalue weighted by molar-refractivity contribution is 7.07. The van der Waals surface area contributed by atoms with Crippen molar-refractivity contribution >= 4 is 28.9 Å². The van der Waals surface area contributed by atoms with Gasteiger partial charge in [-0.3, -0.25) is 19.1 Å². The van der Waals surface area contributed by atoms with Gasteiger partial charge in [0.05, 0.1) is 21.8 Å². The highest BCUT2D eigenvalue weighted by Gasteiger charge is 2.33. The van der Waals surface area contributed by atoms with E-state index in [9.17, 15) is 28.0 Å². The Morgan fingerprint density at radius 3 is 2.04 bits per heavy atom. The van der Waals surface area contributed by atoms with Crippen molar-refractivity contribution in [1.29, 1.82) is 5.26 Å². The summed E-state index contributed by atoms with van der Waals surface area (Å²) in [4.78, 5) is 31.8. The summed E-state index contributed by atoms with van der Waals surface area (Å²) in [6, 6.07) is 34.3. The second kappa shape index (κ2) is 13.9. The number of rotatable bonds is 6. The minimum absolute atomic E-state index is 0.0227. The molecule has 1 aliphatic heterocycles. The summed E-state index contributed by atoms with van der Waals surface area (Å²) in [6.07, 6.45) is -3.46. The number of nitriles is 1. The number of aromatic nitrogens is 1. The second-order valence-corrected chi connectivity index (χ2v) is 12.5. The highest BCUT2D eigenvalue weighted by atomic mass is 32.1. The Morgan fingerprint density at radius 1 is 0.854 bits per heavy atom. The van der Waals surface area contributed by atoms with Gasteiger partial charge in [-0.2, -0.15) is 18.4 Å². The molecule has 2 heterocycles. The molecule has 0 N–H and O–H groups in total. The fourth-order valence-electron chi connectivity index (χ4n) is 6.09. The number of carbonyl (C=O) groups is 1. The molecule has 48 heavy (non-hydrogen) atoms. The van der Waals surface area contributed by atoms with Gasteiger partial charge in [0.25, 0.3) is 11.5 Å². The van der Waals surface area contributed by atoms with Gasteiger partial charge < -0.3 is 4.90 Å². The van der Waals surface area contributed by atoms with Crippen molar-refractivity contribution in [3.63, 3.8) is 0 Å². The van der Waals surface area contributed by atoms with Gasteiger partial charge in [-0.1, -0.05) is 91.0 Å². The van der Waals surface area contributed by atoms with Crippen LogP contribution in [0.15, 0.2) is 114 Å². The highest BCUT2D eigenvalue weighted by Crippen LogP contribution is 2.32. The van der Waals surface area contributed by atoms with Crippen LogP contribution in [0.25, 0.3) is 17.3 Å². The van der Waals surface area contributed by atoms with Crippen LogP contribution in [0.1, 0.15) is 33.9 Å². The number of amides is 1. The van der Waals surface area contributed by atoms with Gasteiger partial charge in [-0.25, -0.2) is 0 Å². The third-order valence-electron chi connectivity index (χ3n) is 8.37. The Balaban J connectivity index is 1.40. The molecule has 5 aromatic rings. The molecule has 0 radical (unpaired) electrons. The molecule has 0 bridgehead atoms. The van der Waals surface area contributed by atoms with E-state index in [-0.39, 0.29) is 26.4 Å². The van der Waals surface area contributed by atoms with E-state index in [0.29, 0.717) is 31.9 Å². The van der Waals surface area contributed by atoms with Crippen molar-refractivity contribution in [1.82, 2.24) is 14.4 Å². The number of benzene rings is 4. The van der Waals surface area contributed by atoms with Gasteiger partial charge in [-0.05, 0) is 53.5 Å². The summed E-state index contributed by atoms with van der Waals surface area (Å²) in [6.45, 7) is 3.61. The lowest BCUT2D eigenvalue weighted by Gasteiger charge is -2.39. The first kappa shape index (κ1) is 32.7. The van der Waals surface area contributed by atoms with Gasteiger partial charge in [0, 0.05) is 26.2 Å². The standard InChI is InChI=1S/C38H31F3N4O2S/c1-26-11-10-17-30(23-26)45-36(47)33(24-29-16-8-9-18-32(29)38(39,40)41)48-37(45)31(25-42)35(46)44-21-19-43(20-22-44)34(27-12-4-2-5-13-27)28-14-6-3-7-15-28/h2-18,23-24,34H,19-22H2,1H3/b33-24-,37-31-. The van der Waals surface area contributed by atoms with Crippen molar-refractivity contribution < 1.29 is 18.0 Å². The molecule has 0 unspecified atom stereocenters. The van der Waals surface area contributed by atoms with Crippen LogP contribution in [0.3, 0.4) is 0 Å². The molecular formula is C38H31F3N4O2S. The fraction of sp³-hybridized carbons (Fsp3) is 0.184. The van der Waals surface area contributed by atoms with Gasteiger partial charge >= 0.3 is 6.18 Å². The summed E-state index contributed by atoms with van der Waals surface area (Å²) in [7, 11) is 0. The molecule has 0 saturated carbocycles. The lowest BCUT2D eigenvalue weighted by atomic mass is 9.96. The summed E-state index contributed by atoms with van der Waals surface area (Å²) in [5, 5.41) is 10.4. The third-order valence-corrected chi connectivity index (χ3v) is 9.47. The fourth-order valence-corrected chi connectivity index (χ4v) is 7.17. The predicted octanol–water partition coefficient (Wildman–Crippen LogP) is 5.66. The van der Waals surface area contributed by atoms with E-state index < -0.39 is 23.2 Å². The number of hydrogen-bond acceptors (Lipinski definition) is 5. The largest absolute Gasteiger partial charge is 0.416 e. The van der Waals surface area contributed by atoms with E-state index in [1.807, 2.05) is 55.5 Å². The molecule has 0 spiro atoms. The molecule has 4 aromatic carbocycles. The number of hydrogen-bond donors (Lipinski definition) is 0. The number of nitrogens with zero attached hydrogens (tertiary/aromatic N) is 4. The Hall–Kier alpha value is -5.24. The number of halogens is 3. The maximum Gasteiger partial charge on any atom is 0.416 e. The van der Waals surface area contributed by atoms with Gasteiger partial charge in [0.1, 0.15) is 10.7 Å². The molecule has 242 valence electrons. The van der Waals surface area contributed by atoms with E-state index >= 15 is 0 Å². The van der Waals surface area contributed by atoms with Crippen molar-refractivity contribution in [2.75, 3.05) is 26.2 Å². The van der Waals surface area contributed by atoms with E-state index in [1.54, 1.807) is 23.1 Å². The first-order chi connectivity index (χ1) is 23.2. The quantitative estimate of drug-likeness (QED) is 0.235.